The number of likely N-dealkylation sites (tertiary alicyclic amines) is 1. The molecule has 5 heteroatoms. The third-order valence-electron chi connectivity index (χ3n) is 4.52. The van der Waals surface area contributed by atoms with Crippen LogP contribution in [0.15, 0.2) is 60.7 Å². The number of rotatable bonds is 6. The SMILES string of the molecule is NC(=O)C1CCN(C(=O)COC(c2ccccc2)c2ccccc2)C1. The van der Waals surface area contributed by atoms with Gasteiger partial charge < -0.3 is 15.4 Å². The predicted octanol–water partition coefficient (Wildman–Crippen LogP) is 2.13. The number of hydrogen-bond acceptors (Lipinski definition) is 3. The zero-order chi connectivity index (χ0) is 17.6. The van der Waals surface area contributed by atoms with E-state index < -0.39 is 0 Å². The van der Waals surface area contributed by atoms with E-state index in [2.05, 4.69) is 0 Å². The minimum atomic E-state index is -0.345. The van der Waals surface area contributed by atoms with Gasteiger partial charge in [0.15, 0.2) is 0 Å². The van der Waals surface area contributed by atoms with Gasteiger partial charge in [0, 0.05) is 13.1 Å². The number of hydrogen-bond donors (Lipinski definition) is 1. The van der Waals surface area contributed by atoms with Crippen molar-refractivity contribution in [3.63, 3.8) is 0 Å². The van der Waals surface area contributed by atoms with E-state index in [-0.39, 0.29) is 30.4 Å². The molecule has 1 heterocycles. The van der Waals surface area contributed by atoms with E-state index in [9.17, 15) is 9.59 Å². The van der Waals surface area contributed by atoms with Gasteiger partial charge in [0.2, 0.25) is 11.8 Å². The zero-order valence-electron chi connectivity index (χ0n) is 14.0. The average molecular weight is 338 g/mol. The first-order valence-corrected chi connectivity index (χ1v) is 8.43. The molecule has 3 rings (SSSR count). The Morgan fingerprint density at radius 3 is 2.08 bits per heavy atom. The Morgan fingerprint density at radius 1 is 1.04 bits per heavy atom. The van der Waals surface area contributed by atoms with Gasteiger partial charge >= 0.3 is 0 Å². The van der Waals surface area contributed by atoms with Crippen molar-refractivity contribution in [1.29, 1.82) is 0 Å². The molecule has 1 saturated heterocycles. The van der Waals surface area contributed by atoms with Crippen LogP contribution < -0.4 is 5.73 Å². The second-order valence-corrected chi connectivity index (χ2v) is 6.24. The van der Waals surface area contributed by atoms with Crippen LogP contribution >= 0.6 is 0 Å². The van der Waals surface area contributed by atoms with Crippen LogP contribution in [0.4, 0.5) is 0 Å². The lowest BCUT2D eigenvalue weighted by molar-refractivity contribution is -0.136. The molecule has 2 aromatic rings. The molecule has 0 aliphatic carbocycles. The third-order valence-corrected chi connectivity index (χ3v) is 4.52. The van der Waals surface area contributed by atoms with E-state index in [0.717, 1.165) is 11.1 Å². The summed E-state index contributed by atoms with van der Waals surface area (Å²) in [5, 5.41) is 0. The van der Waals surface area contributed by atoms with Crippen molar-refractivity contribution in [1.82, 2.24) is 4.90 Å². The Kier molecular flexibility index (Phi) is 5.46. The summed E-state index contributed by atoms with van der Waals surface area (Å²) in [5.41, 5.74) is 7.32. The van der Waals surface area contributed by atoms with Crippen molar-refractivity contribution in [2.24, 2.45) is 11.7 Å². The van der Waals surface area contributed by atoms with Crippen molar-refractivity contribution in [3.05, 3.63) is 71.8 Å². The van der Waals surface area contributed by atoms with Crippen LogP contribution in [-0.4, -0.2) is 36.4 Å². The summed E-state index contributed by atoms with van der Waals surface area (Å²) < 4.78 is 5.98. The minimum Gasteiger partial charge on any atom is -0.369 e. The Balaban J connectivity index is 1.67. The van der Waals surface area contributed by atoms with E-state index >= 15 is 0 Å². The molecule has 0 radical (unpaired) electrons. The molecule has 1 aliphatic heterocycles. The molecule has 2 N–H and O–H groups in total. The fraction of sp³-hybridized carbons (Fsp3) is 0.300. The van der Waals surface area contributed by atoms with Crippen LogP contribution in [0, 0.1) is 5.92 Å². The lowest BCUT2D eigenvalue weighted by Crippen LogP contribution is -2.34. The molecule has 0 spiro atoms. The lowest BCUT2D eigenvalue weighted by atomic mass is 10.0. The normalized spacial score (nSPS) is 17.0. The smallest absolute Gasteiger partial charge is 0.248 e. The highest BCUT2D eigenvalue weighted by Gasteiger charge is 2.30. The molecule has 0 bridgehead atoms. The molecule has 25 heavy (non-hydrogen) atoms. The molecule has 0 aromatic heterocycles. The van der Waals surface area contributed by atoms with Crippen LogP contribution in [0.2, 0.25) is 0 Å². The Bertz CT molecular complexity index is 679. The Morgan fingerprint density at radius 2 is 1.60 bits per heavy atom. The van der Waals surface area contributed by atoms with Gasteiger partial charge in [0.1, 0.15) is 12.7 Å². The van der Waals surface area contributed by atoms with Gasteiger partial charge in [0.05, 0.1) is 5.92 Å². The molecule has 1 aliphatic rings. The highest BCUT2D eigenvalue weighted by Crippen LogP contribution is 2.26. The van der Waals surface area contributed by atoms with Crippen molar-refractivity contribution in [3.8, 4) is 0 Å². The van der Waals surface area contributed by atoms with Crippen LogP contribution in [0.25, 0.3) is 0 Å². The molecule has 130 valence electrons. The summed E-state index contributed by atoms with van der Waals surface area (Å²) in [6, 6.07) is 19.7. The van der Waals surface area contributed by atoms with E-state index in [1.807, 2.05) is 60.7 Å². The van der Waals surface area contributed by atoms with Crippen molar-refractivity contribution in [2.45, 2.75) is 12.5 Å². The summed E-state index contributed by atoms with van der Waals surface area (Å²) in [4.78, 5) is 25.3. The number of nitrogens with zero attached hydrogens (tertiary/aromatic N) is 1. The Labute approximate surface area is 147 Å². The molecular weight excluding hydrogens is 316 g/mol. The Hall–Kier alpha value is -2.66. The molecule has 1 fully saturated rings. The quantitative estimate of drug-likeness (QED) is 0.877. The summed E-state index contributed by atoms with van der Waals surface area (Å²) in [5.74, 6) is -0.703. The van der Waals surface area contributed by atoms with Gasteiger partial charge in [-0.15, -0.1) is 0 Å². The first kappa shape index (κ1) is 17.2. The first-order valence-electron chi connectivity index (χ1n) is 8.43. The van der Waals surface area contributed by atoms with Crippen molar-refractivity contribution >= 4 is 11.8 Å². The molecule has 0 saturated carbocycles. The minimum absolute atomic E-state index is 0.0278. The third kappa shape index (κ3) is 4.25. The summed E-state index contributed by atoms with van der Waals surface area (Å²) in [6.07, 6.45) is 0.322. The van der Waals surface area contributed by atoms with Crippen LogP contribution in [0.3, 0.4) is 0 Å². The van der Waals surface area contributed by atoms with Gasteiger partial charge in [-0.2, -0.15) is 0 Å². The van der Waals surface area contributed by atoms with Gasteiger partial charge in [-0.25, -0.2) is 0 Å². The van der Waals surface area contributed by atoms with E-state index in [4.69, 9.17) is 10.5 Å². The highest BCUT2D eigenvalue weighted by molar-refractivity contribution is 5.81. The van der Waals surface area contributed by atoms with E-state index in [1.165, 1.54) is 0 Å². The summed E-state index contributed by atoms with van der Waals surface area (Å²) in [6.45, 7) is 0.913. The summed E-state index contributed by atoms with van der Waals surface area (Å²) >= 11 is 0. The number of benzene rings is 2. The number of nitrogens with two attached hydrogens (primary N) is 1. The van der Waals surface area contributed by atoms with Crippen LogP contribution in [0.1, 0.15) is 23.7 Å². The maximum Gasteiger partial charge on any atom is 0.248 e. The molecule has 2 amide bonds. The maximum absolute atomic E-state index is 12.4. The predicted molar refractivity (Wildman–Crippen MR) is 94.6 cm³/mol. The second kappa shape index (κ2) is 7.94. The van der Waals surface area contributed by atoms with Gasteiger partial charge in [-0.1, -0.05) is 60.7 Å². The van der Waals surface area contributed by atoms with Gasteiger partial charge in [-0.05, 0) is 17.5 Å². The number of amides is 2. The maximum atomic E-state index is 12.4. The summed E-state index contributed by atoms with van der Waals surface area (Å²) in [7, 11) is 0. The van der Waals surface area contributed by atoms with E-state index in [0.29, 0.717) is 19.5 Å². The van der Waals surface area contributed by atoms with Gasteiger partial charge in [0.25, 0.3) is 0 Å². The highest BCUT2D eigenvalue weighted by atomic mass is 16.5. The topological polar surface area (TPSA) is 72.6 Å². The molecule has 1 unspecified atom stereocenters. The number of primary amides is 1. The first-order chi connectivity index (χ1) is 12.1. The average Bonchev–Trinajstić information content (AvgIpc) is 3.14. The number of carbonyl (C=O) groups excluding carboxylic acids is 2. The standard InChI is InChI=1S/C20H22N2O3/c21-20(24)17-11-12-22(13-17)18(23)14-25-19(15-7-3-1-4-8-15)16-9-5-2-6-10-16/h1-10,17,19H,11-14H2,(H2,21,24). The largest absolute Gasteiger partial charge is 0.369 e. The van der Waals surface area contributed by atoms with Crippen LogP contribution in [-0.2, 0) is 14.3 Å². The van der Waals surface area contributed by atoms with Crippen molar-refractivity contribution in [2.75, 3.05) is 19.7 Å². The fourth-order valence-electron chi connectivity index (χ4n) is 3.11. The lowest BCUT2D eigenvalue weighted by Gasteiger charge is -2.21. The van der Waals surface area contributed by atoms with Crippen LogP contribution in [0.5, 0.6) is 0 Å². The zero-order valence-corrected chi connectivity index (χ0v) is 14.0. The monoisotopic (exact) mass is 338 g/mol. The molecule has 5 nitrogen and oxygen atoms in total. The molecular formula is C20H22N2O3. The number of carbonyl (C=O) groups is 2. The fourth-order valence-corrected chi connectivity index (χ4v) is 3.11. The second-order valence-electron chi connectivity index (χ2n) is 6.24. The van der Waals surface area contributed by atoms with Crippen molar-refractivity contribution < 1.29 is 14.3 Å². The molecule has 2 aromatic carbocycles. The van der Waals surface area contributed by atoms with E-state index in [1.54, 1.807) is 4.90 Å². The van der Waals surface area contributed by atoms with Gasteiger partial charge in [-0.3, -0.25) is 9.59 Å². The number of ether oxygens (including phenoxy) is 1. The molecule has 1 atom stereocenters.